The maximum absolute atomic E-state index is 12.5. The summed E-state index contributed by atoms with van der Waals surface area (Å²) in [5.74, 6) is 0.840. The van der Waals surface area contributed by atoms with Crippen LogP contribution < -0.4 is 10.3 Å². The van der Waals surface area contributed by atoms with Crippen molar-refractivity contribution in [2.75, 3.05) is 4.61 Å². The highest BCUT2D eigenvalue weighted by atomic mass is 127. The highest BCUT2D eigenvalue weighted by molar-refractivity contribution is 14.1. The molecule has 0 aliphatic rings. The fraction of sp³-hybridized carbons (Fsp3) is 0.0667. The highest BCUT2D eigenvalue weighted by Crippen LogP contribution is 2.18. The Balaban J connectivity index is 2.14. The van der Waals surface area contributed by atoms with Crippen molar-refractivity contribution in [1.82, 2.24) is 9.55 Å². The van der Waals surface area contributed by atoms with Crippen molar-refractivity contribution >= 4 is 33.5 Å². The molecule has 21 heavy (non-hydrogen) atoms. The molecule has 5 nitrogen and oxygen atoms in total. The van der Waals surface area contributed by atoms with E-state index in [1.165, 1.54) is 23.0 Å². The number of hydrogen-bond acceptors (Lipinski definition) is 4. The molecule has 0 bridgehead atoms. The highest BCUT2D eigenvalue weighted by Gasteiger charge is 2.07. The van der Waals surface area contributed by atoms with Crippen LogP contribution in [0.1, 0.15) is 0 Å². The van der Waals surface area contributed by atoms with Crippen molar-refractivity contribution in [3.63, 3.8) is 0 Å². The lowest BCUT2D eigenvalue weighted by Gasteiger charge is -2.08. The molecule has 1 heterocycles. The fourth-order valence-corrected chi connectivity index (χ4v) is 2.41. The SMILES string of the molecule is O=c1c2ccc(OCI)cc2ncn1-c1ccc(O)cc1. The lowest BCUT2D eigenvalue weighted by molar-refractivity contribution is 0.405. The molecule has 0 aliphatic heterocycles. The van der Waals surface area contributed by atoms with Gasteiger partial charge in [-0.25, -0.2) is 4.98 Å². The van der Waals surface area contributed by atoms with Gasteiger partial charge < -0.3 is 9.84 Å². The van der Waals surface area contributed by atoms with E-state index in [1.807, 2.05) is 0 Å². The quantitative estimate of drug-likeness (QED) is 0.548. The first-order valence-electron chi connectivity index (χ1n) is 6.18. The van der Waals surface area contributed by atoms with Gasteiger partial charge >= 0.3 is 0 Å². The van der Waals surface area contributed by atoms with E-state index >= 15 is 0 Å². The Morgan fingerprint density at radius 3 is 2.67 bits per heavy atom. The number of phenols is 1. The second-order valence-electron chi connectivity index (χ2n) is 4.37. The Kier molecular flexibility index (Phi) is 3.78. The minimum absolute atomic E-state index is 0.154. The van der Waals surface area contributed by atoms with Gasteiger partial charge in [-0.1, -0.05) is 0 Å². The molecular weight excluding hydrogens is 383 g/mol. The van der Waals surface area contributed by atoms with Gasteiger partial charge in [0.25, 0.3) is 5.56 Å². The predicted molar refractivity (Wildman–Crippen MR) is 88.5 cm³/mol. The zero-order valence-electron chi connectivity index (χ0n) is 10.9. The summed E-state index contributed by atoms with van der Waals surface area (Å²) in [6.45, 7) is 0. The van der Waals surface area contributed by atoms with Crippen molar-refractivity contribution in [2.24, 2.45) is 0 Å². The van der Waals surface area contributed by atoms with Crippen LogP contribution in [0.5, 0.6) is 11.5 Å². The molecule has 0 saturated heterocycles. The number of nitrogens with zero attached hydrogens (tertiary/aromatic N) is 2. The molecule has 0 unspecified atom stereocenters. The summed E-state index contributed by atoms with van der Waals surface area (Å²) in [7, 11) is 0. The van der Waals surface area contributed by atoms with Gasteiger partial charge in [-0.05, 0) is 59.0 Å². The van der Waals surface area contributed by atoms with E-state index in [1.54, 1.807) is 30.3 Å². The number of ether oxygens (including phenoxy) is 1. The first-order valence-corrected chi connectivity index (χ1v) is 7.71. The van der Waals surface area contributed by atoms with Crippen LogP contribution >= 0.6 is 22.6 Å². The van der Waals surface area contributed by atoms with Gasteiger partial charge in [0.1, 0.15) is 22.4 Å². The molecule has 0 saturated carbocycles. The molecule has 0 radical (unpaired) electrons. The summed E-state index contributed by atoms with van der Waals surface area (Å²) >= 11 is 2.11. The maximum Gasteiger partial charge on any atom is 0.265 e. The van der Waals surface area contributed by atoms with Crippen LogP contribution in [0.25, 0.3) is 16.6 Å². The zero-order valence-corrected chi connectivity index (χ0v) is 13.0. The van der Waals surface area contributed by atoms with E-state index in [9.17, 15) is 9.90 Å². The number of alkyl halides is 1. The van der Waals surface area contributed by atoms with E-state index in [4.69, 9.17) is 4.74 Å². The van der Waals surface area contributed by atoms with Crippen LogP contribution in [0.2, 0.25) is 0 Å². The zero-order chi connectivity index (χ0) is 14.8. The molecule has 106 valence electrons. The van der Waals surface area contributed by atoms with E-state index in [-0.39, 0.29) is 11.3 Å². The third kappa shape index (κ3) is 2.71. The summed E-state index contributed by atoms with van der Waals surface area (Å²) in [4.78, 5) is 16.8. The van der Waals surface area contributed by atoms with Gasteiger partial charge in [-0.2, -0.15) is 0 Å². The molecule has 0 atom stereocenters. The third-order valence-corrected chi connectivity index (χ3v) is 3.39. The predicted octanol–water partition coefficient (Wildman–Crippen LogP) is 2.86. The van der Waals surface area contributed by atoms with E-state index < -0.39 is 0 Å². The number of fused-ring (bicyclic) bond motifs is 1. The molecular formula is C15H11IN2O3. The van der Waals surface area contributed by atoms with Crippen molar-refractivity contribution < 1.29 is 9.84 Å². The number of hydrogen-bond donors (Lipinski definition) is 1. The first-order chi connectivity index (χ1) is 10.2. The lowest BCUT2D eigenvalue weighted by atomic mass is 10.2. The second-order valence-corrected chi connectivity index (χ2v) is 4.99. The van der Waals surface area contributed by atoms with Crippen LogP contribution in [0.15, 0.2) is 53.6 Å². The molecule has 2 aromatic carbocycles. The summed E-state index contributed by atoms with van der Waals surface area (Å²) < 4.78 is 7.37. The van der Waals surface area contributed by atoms with Crippen molar-refractivity contribution in [2.45, 2.75) is 0 Å². The molecule has 0 amide bonds. The molecule has 3 rings (SSSR count). The molecule has 6 heteroatoms. The van der Waals surface area contributed by atoms with Gasteiger partial charge in [-0.15, -0.1) is 0 Å². The van der Waals surface area contributed by atoms with E-state index in [0.29, 0.717) is 27.0 Å². The van der Waals surface area contributed by atoms with Crippen LogP contribution in [0.4, 0.5) is 0 Å². The second kappa shape index (κ2) is 5.72. The normalized spacial score (nSPS) is 10.7. The Hall–Kier alpha value is -2.09. The van der Waals surface area contributed by atoms with Gasteiger partial charge in [0, 0.05) is 6.07 Å². The molecule has 0 aliphatic carbocycles. The molecule has 1 aromatic heterocycles. The summed E-state index contributed by atoms with van der Waals surface area (Å²) in [5, 5.41) is 9.83. The summed E-state index contributed by atoms with van der Waals surface area (Å²) in [6.07, 6.45) is 1.48. The number of benzene rings is 2. The average molecular weight is 394 g/mol. The molecule has 1 N–H and O–H groups in total. The van der Waals surface area contributed by atoms with Crippen LogP contribution in [0, 0.1) is 0 Å². The fourth-order valence-electron chi connectivity index (χ4n) is 2.05. The number of aromatic nitrogens is 2. The van der Waals surface area contributed by atoms with Gasteiger partial charge in [0.2, 0.25) is 0 Å². The number of phenolic OH excluding ortho intramolecular Hbond substituents is 1. The van der Waals surface area contributed by atoms with Crippen LogP contribution in [-0.2, 0) is 0 Å². The molecule has 0 spiro atoms. The lowest BCUT2D eigenvalue weighted by Crippen LogP contribution is -2.18. The van der Waals surface area contributed by atoms with Crippen molar-refractivity contribution in [1.29, 1.82) is 0 Å². The monoisotopic (exact) mass is 394 g/mol. The van der Waals surface area contributed by atoms with E-state index in [2.05, 4.69) is 27.6 Å². The Bertz CT molecular complexity index is 844. The standard InChI is InChI=1S/C15H11IN2O3/c16-8-21-12-5-6-13-14(7-12)17-9-18(15(13)20)10-1-3-11(19)4-2-10/h1-7,9,19H,8H2. The Morgan fingerprint density at radius 1 is 1.19 bits per heavy atom. The Labute approximate surface area is 134 Å². The van der Waals surface area contributed by atoms with Crippen molar-refractivity contribution in [3.05, 3.63) is 59.1 Å². The molecule has 3 aromatic rings. The topological polar surface area (TPSA) is 64.3 Å². The third-order valence-electron chi connectivity index (χ3n) is 3.08. The van der Waals surface area contributed by atoms with Gasteiger partial charge in [0.15, 0.2) is 0 Å². The van der Waals surface area contributed by atoms with Crippen LogP contribution in [0.3, 0.4) is 0 Å². The average Bonchev–Trinajstić information content (AvgIpc) is 2.49. The number of halogens is 1. The largest absolute Gasteiger partial charge is 0.508 e. The smallest absolute Gasteiger partial charge is 0.265 e. The summed E-state index contributed by atoms with van der Waals surface area (Å²) in [6, 6.07) is 11.6. The van der Waals surface area contributed by atoms with Crippen LogP contribution in [-0.4, -0.2) is 19.3 Å². The Morgan fingerprint density at radius 2 is 1.95 bits per heavy atom. The minimum Gasteiger partial charge on any atom is -0.508 e. The van der Waals surface area contributed by atoms with Crippen molar-refractivity contribution in [3.8, 4) is 17.2 Å². The van der Waals surface area contributed by atoms with Gasteiger partial charge in [0.05, 0.1) is 16.6 Å². The molecule has 0 fully saturated rings. The first kappa shape index (κ1) is 13.9. The van der Waals surface area contributed by atoms with E-state index in [0.717, 1.165) is 0 Å². The summed E-state index contributed by atoms with van der Waals surface area (Å²) in [5.41, 5.74) is 1.09. The van der Waals surface area contributed by atoms with Gasteiger partial charge in [-0.3, -0.25) is 9.36 Å². The minimum atomic E-state index is -0.160. The maximum atomic E-state index is 12.5. The number of rotatable bonds is 3. The number of aromatic hydroxyl groups is 1.